The monoisotopic (exact) mass is 348 g/mol. The van der Waals surface area contributed by atoms with E-state index < -0.39 is 23.4 Å². The molecule has 0 saturated carbocycles. The first-order valence-electron chi connectivity index (χ1n) is 7.28. The van der Waals surface area contributed by atoms with Crippen molar-refractivity contribution in [3.05, 3.63) is 65.9 Å². The van der Waals surface area contributed by atoms with E-state index in [-0.39, 0.29) is 11.2 Å². The number of nitrogens with zero attached hydrogens (tertiary/aromatic N) is 1. The molecule has 126 valence electrons. The Hall–Kier alpha value is -2.96. The number of halogens is 5. The van der Waals surface area contributed by atoms with Crippen LogP contribution < -0.4 is 0 Å². The van der Waals surface area contributed by atoms with E-state index in [1.165, 1.54) is 24.4 Å². The zero-order valence-electron chi connectivity index (χ0n) is 12.5. The first-order valence-corrected chi connectivity index (χ1v) is 7.28. The maximum absolute atomic E-state index is 13.5. The molecule has 0 saturated heterocycles. The summed E-state index contributed by atoms with van der Waals surface area (Å²) >= 11 is 0. The fourth-order valence-corrected chi connectivity index (χ4v) is 2.85. The van der Waals surface area contributed by atoms with Gasteiger partial charge in [0.15, 0.2) is 11.6 Å². The van der Waals surface area contributed by atoms with Crippen LogP contribution in [0.2, 0.25) is 0 Å². The van der Waals surface area contributed by atoms with Crippen LogP contribution >= 0.6 is 0 Å². The highest BCUT2D eigenvalue weighted by atomic mass is 19.4. The van der Waals surface area contributed by atoms with E-state index in [1.54, 1.807) is 6.07 Å². The van der Waals surface area contributed by atoms with Crippen LogP contribution in [0.5, 0.6) is 0 Å². The second kappa shape index (κ2) is 5.27. The van der Waals surface area contributed by atoms with Crippen molar-refractivity contribution in [1.82, 2.24) is 9.97 Å². The largest absolute Gasteiger partial charge is 0.418 e. The summed E-state index contributed by atoms with van der Waals surface area (Å²) in [7, 11) is 0. The SMILES string of the molecule is Fc1cc2[nH]cc(-c3ccc4cccc(C(F)(F)F)c4n3)c2cc1F. The van der Waals surface area contributed by atoms with E-state index >= 15 is 0 Å². The molecule has 0 bridgehead atoms. The molecule has 4 aromatic rings. The number of aromatic amines is 1. The molecule has 2 aromatic carbocycles. The van der Waals surface area contributed by atoms with Crippen LogP contribution in [0.4, 0.5) is 22.0 Å². The highest BCUT2D eigenvalue weighted by Crippen LogP contribution is 2.36. The molecule has 2 nitrogen and oxygen atoms in total. The molecular weight excluding hydrogens is 339 g/mol. The van der Waals surface area contributed by atoms with Crippen molar-refractivity contribution in [1.29, 1.82) is 0 Å². The Morgan fingerprint density at radius 2 is 1.68 bits per heavy atom. The van der Waals surface area contributed by atoms with Crippen LogP contribution in [0.1, 0.15) is 5.56 Å². The molecule has 2 heterocycles. The molecule has 0 unspecified atom stereocenters. The van der Waals surface area contributed by atoms with Gasteiger partial charge in [0.25, 0.3) is 0 Å². The molecule has 0 amide bonds. The highest BCUT2D eigenvalue weighted by Gasteiger charge is 2.33. The summed E-state index contributed by atoms with van der Waals surface area (Å²) in [6.07, 6.45) is -3.07. The smallest absolute Gasteiger partial charge is 0.360 e. The maximum Gasteiger partial charge on any atom is 0.418 e. The number of H-pyrrole nitrogens is 1. The molecular formula is C18H9F5N2. The second-order valence-electron chi connectivity index (χ2n) is 5.59. The van der Waals surface area contributed by atoms with Crippen molar-refractivity contribution in [3.8, 4) is 11.3 Å². The van der Waals surface area contributed by atoms with Crippen molar-refractivity contribution in [2.75, 3.05) is 0 Å². The zero-order valence-corrected chi connectivity index (χ0v) is 12.5. The Morgan fingerprint density at radius 1 is 0.920 bits per heavy atom. The topological polar surface area (TPSA) is 28.7 Å². The predicted molar refractivity (Wildman–Crippen MR) is 84.0 cm³/mol. The van der Waals surface area contributed by atoms with Gasteiger partial charge in [-0.05, 0) is 18.2 Å². The summed E-state index contributed by atoms with van der Waals surface area (Å²) in [5, 5.41) is 0.686. The van der Waals surface area contributed by atoms with Gasteiger partial charge in [-0.1, -0.05) is 18.2 Å². The number of nitrogens with one attached hydrogen (secondary N) is 1. The number of hydrogen-bond acceptors (Lipinski definition) is 1. The summed E-state index contributed by atoms with van der Waals surface area (Å²) in [5.41, 5.74) is -0.0671. The molecule has 2 aromatic heterocycles. The molecule has 0 aliphatic heterocycles. The number of fused-ring (bicyclic) bond motifs is 2. The normalized spacial score (nSPS) is 12.2. The molecule has 4 rings (SSSR count). The van der Waals surface area contributed by atoms with Crippen LogP contribution in [0, 0.1) is 11.6 Å². The molecule has 25 heavy (non-hydrogen) atoms. The quantitative estimate of drug-likeness (QED) is 0.441. The molecule has 0 atom stereocenters. The van der Waals surface area contributed by atoms with Crippen molar-refractivity contribution in [2.24, 2.45) is 0 Å². The van der Waals surface area contributed by atoms with Gasteiger partial charge in [0.05, 0.1) is 16.8 Å². The number of rotatable bonds is 1. The summed E-state index contributed by atoms with van der Waals surface area (Å²) in [6, 6.07) is 8.87. The van der Waals surface area contributed by atoms with Crippen molar-refractivity contribution < 1.29 is 22.0 Å². The third kappa shape index (κ3) is 2.52. The third-order valence-corrected chi connectivity index (χ3v) is 4.02. The minimum atomic E-state index is -4.54. The summed E-state index contributed by atoms with van der Waals surface area (Å²) in [6.45, 7) is 0. The Kier molecular flexibility index (Phi) is 3.28. The number of para-hydroxylation sites is 1. The van der Waals surface area contributed by atoms with Crippen molar-refractivity contribution in [3.63, 3.8) is 0 Å². The number of alkyl halides is 3. The second-order valence-corrected chi connectivity index (χ2v) is 5.59. The minimum Gasteiger partial charge on any atom is -0.360 e. The summed E-state index contributed by atoms with van der Waals surface area (Å²) < 4.78 is 66.5. The first-order chi connectivity index (χ1) is 11.8. The lowest BCUT2D eigenvalue weighted by molar-refractivity contribution is -0.136. The Labute approximate surface area is 137 Å². The van der Waals surface area contributed by atoms with E-state index in [0.717, 1.165) is 18.2 Å². The molecule has 1 N–H and O–H groups in total. The lowest BCUT2D eigenvalue weighted by atomic mass is 10.1. The van der Waals surface area contributed by atoms with Crippen LogP contribution in [0.3, 0.4) is 0 Å². The number of benzene rings is 2. The summed E-state index contributed by atoms with van der Waals surface area (Å²) in [4.78, 5) is 6.91. The molecule has 0 spiro atoms. The Morgan fingerprint density at radius 3 is 2.44 bits per heavy atom. The van der Waals surface area contributed by atoms with Crippen LogP contribution in [-0.2, 0) is 6.18 Å². The number of hydrogen-bond donors (Lipinski definition) is 1. The van der Waals surface area contributed by atoms with Crippen LogP contribution in [-0.4, -0.2) is 9.97 Å². The van der Waals surface area contributed by atoms with Gasteiger partial charge in [0.2, 0.25) is 0 Å². The minimum absolute atomic E-state index is 0.190. The van der Waals surface area contributed by atoms with Crippen LogP contribution in [0.15, 0.2) is 48.7 Å². The molecule has 0 aliphatic carbocycles. The molecule has 7 heteroatoms. The maximum atomic E-state index is 13.5. The number of aromatic nitrogens is 2. The summed E-state index contributed by atoms with van der Waals surface area (Å²) in [5.74, 6) is -2.04. The highest BCUT2D eigenvalue weighted by molar-refractivity contribution is 5.96. The number of pyridine rings is 1. The lowest BCUT2D eigenvalue weighted by Crippen LogP contribution is -2.06. The van der Waals surface area contributed by atoms with Gasteiger partial charge in [-0.25, -0.2) is 13.8 Å². The first kappa shape index (κ1) is 15.6. The van der Waals surface area contributed by atoms with Gasteiger partial charge in [-0.15, -0.1) is 0 Å². The van der Waals surface area contributed by atoms with Gasteiger partial charge in [0.1, 0.15) is 0 Å². The zero-order chi connectivity index (χ0) is 17.8. The van der Waals surface area contributed by atoms with Gasteiger partial charge in [0, 0.05) is 34.1 Å². The fraction of sp³-hybridized carbons (Fsp3) is 0.0556. The third-order valence-electron chi connectivity index (χ3n) is 4.02. The van der Waals surface area contributed by atoms with Gasteiger partial charge >= 0.3 is 6.18 Å². The average Bonchev–Trinajstić information content (AvgIpc) is 2.96. The van der Waals surface area contributed by atoms with Crippen LogP contribution in [0.25, 0.3) is 33.1 Å². The van der Waals surface area contributed by atoms with Gasteiger partial charge < -0.3 is 4.98 Å². The van der Waals surface area contributed by atoms with E-state index in [1.807, 2.05) is 0 Å². The average molecular weight is 348 g/mol. The molecule has 0 fully saturated rings. The van der Waals surface area contributed by atoms with E-state index in [2.05, 4.69) is 9.97 Å². The van der Waals surface area contributed by atoms with Gasteiger partial charge in [-0.2, -0.15) is 13.2 Å². The molecule has 0 radical (unpaired) electrons. The van der Waals surface area contributed by atoms with Crippen molar-refractivity contribution >= 4 is 21.8 Å². The molecule has 0 aliphatic rings. The Bertz CT molecular complexity index is 1110. The standard InChI is InChI=1S/C18H9F5N2/c19-13-6-10-11(8-24-16(10)7-14(13)20)15-5-4-9-2-1-3-12(17(9)25-15)18(21,22)23/h1-8,24H. The van der Waals surface area contributed by atoms with E-state index in [9.17, 15) is 22.0 Å². The Balaban J connectivity index is 1.98. The lowest BCUT2D eigenvalue weighted by Gasteiger charge is -2.10. The van der Waals surface area contributed by atoms with E-state index in [4.69, 9.17) is 0 Å². The predicted octanol–water partition coefficient (Wildman–Crippen LogP) is 5.68. The van der Waals surface area contributed by atoms with E-state index in [0.29, 0.717) is 21.9 Å². The van der Waals surface area contributed by atoms with Crippen molar-refractivity contribution in [2.45, 2.75) is 6.18 Å². The fourth-order valence-electron chi connectivity index (χ4n) is 2.85. The van der Waals surface area contributed by atoms with Gasteiger partial charge in [-0.3, -0.25) is 0 Å².